The van der Waals surface area contributed by atoms with Gasteiger partial charge in [0.05, 0.1) is 6.16 Å². The lowest BCUT2D eigenvalue weighted by atomic mass is 10.1. The molecule has 0 N–H and O–H groups in total. The number of hydrogen-bond donors (Lipinski definition) is 0. The minimum Gasteiger partial charge on any atom is -0.424 e. The topological polar surface area (TPSA) is 52.6 Å². The summed E-state index contributed by atoms with van der Waals surface area (Å²) in [7, 11) is -1.67. The summed E-state index contributed by atoms with van der Waals surface area (Å²) in [6.07, 6.45) is 0.304. The largest absolute Gasteiger partial charge is 0.424 e. The van der Waals surface area contributed by atoms with Crippen molar-refractivity contribution in [2.45, 2.75) is 13.8 Å². The van der Waals surface area contributed by atoms with Gasteiger partial charge < -0.3 is 9.05 Å². The van der Waals surface area contributed by atoms with Crippen LogP contribution in [-0.2, 0) is 9.09 Å². The van der Waals surface area contributed by atoms with Gasteiger partial charge in [-0.25, -0.2) is 4.57 Å². The fraction of sp³-hybridized carbons (Fsp3) is 0.364. The maximum Gasteiger partial charge on any atom is 0.378 e. The molecule has 1 rings (SSSR count). The van der Waals surface area contributed by atoms with E-state index in [1.807, 2.05) is 0 Å². The van der Waals surface area contributed by atoms with Crippen molar-refractivity contribution in [1.82, 2.24) is 0 Å². The maximum atomic E-state index is 11.8. The summed E-state index contributed by atoms with van der Waals surface area (Å²) in [4.78, 5) is 11.0. The predicted octanol–water partition coefficient (Wildman–Crippen LogP) is 3.13. The maximum absolute atomic E-state index is 11.8. The lowest BCUT2D eigenvalue weighted by Gasteiger charge is -2.15. The molecule has 0 aliphatic rings. The van der Waals surface area contributed by atoms with E-state index < -0.39 is 7.60 Å². The summed E-state index contributed by atoms with van der Waals surface area (Å²) < 4.78 is 21.9. The number of rotatable bonds is 5. The number of ketones is 1. The molecule has 16 heavy (non-hydrogen) atoms. The molecule has 88 valence electrons. The first-order chi connectivity index (χ1) is 7.50. The fourth-order valence-corrected chi connectivity index (χ4v) is 2.05. The van der Waals surface area contributed by atoms with Crippen molar-refractivity contribution in [3.63, 3.8) is 0 Å². The first-order valence-electron chi connectivity index (χ1n) is 4.96. The Labute approximate surface area is 95.1 Å². The van der Waals surface area contributed by atoms with E-state index in [1.165, 1.54) is 14.0 Å². The molecule has 0 bridgehead atoms. The molecule has 1 aromatic carbocycles. The monoisotopic (exact) mass is 242 g/mol. The van der Waals surface area contributed by atoms with Crippen LogP contribution in [0, 0.1) is 0 Å². The zero-order chi connectivity index (χ0) is 12.2. The molecule has 0 aromatic heterocycles. The van der Waals surface area contributed by atoms with Crippen molar-refractivity contribution in [2.24, 2.45) is 0 Å². The molecule has 1 atom stereocenters. The van der Waals surface area contributed by atoms with E-state index in [1.54, 1.807) is 31.2 Å². The predicted molar refractivity (Wildman–Crippen MR) is 62.2 cm³/mol. The van der Waals surface area contributed by atoms with Gasteiger partial charge in [0.15, 0.2) is 5.78 Å². The summed E-state index contributed by atoms with van der Waals surface area (Å²) in [5, 5.41) is 0. The Kier molecular flexibility index (Phi) is 4.27. The van der Waals surface area contributed by atoms with Crippen LogP contribution >= 0.6 is 7.60 Å². The molecule has 0 heterocycles. The molecule has 0 aliphatic heterocycles. The number of benzene rings is 1. The van der Waals surface area contributed by atoms with E-state index in [0.717, 1.165) is 0 Å². The second-order valence-corrected chi connectivity index (χ2v) is 5.68. The minimum atomic E-state index is -3.03. The second-order valence-electron chi connectivity index (χ2n) is 3.28. The van der Waals surface area contributed by atoms with Gasteiger partial charge >= 0.3 is 7.60 Å². The van der Waals surface area contributed by atoms with Crippen LogP contribution in [0.2, 0.25) is 0 Å². The van der Waals surface area contributed by atoms with E-state index in [2.05, 4.69) is 0 Å². The van der Waals surface area contributed by atoms with Crippen LogP contribution in [0.1, 0.15) is 24.2 Å². The van der Waals surface area contributed by atoms with Gasteiger partial charge in [0.25, 0.3) is 0 Å². The molecular formula is C11H15O4P. The highest BCUT2D eigenvalue weighted by atomic mass is 31.2. The van der Waals surface area contributed by atoms with Crippen LogP contribution in [0.3, 0.4) is 0 Å². The number of hydrogen-bond acceptors (Lipinski definition) is 4. The Morgan fingerprint density at radius 2 is 1.88 bits per heavy atom. The molecule has 5 heteroatoms. The Morgan fingerprint density at radius 3 is 2.25 bits per heavy atom. The average Bonchev–Trinajstić information content (AvgIpc) is 2.29. The normalized spacial score (nSPS) is 14.2. The van der Waals surface area contributed by atoms with Crippen molar-refractivity contribution in [1.29, 1.82) is 0 Å². The molecule has 4 nitrogen and oxygen atoms in total. The molecule has 0 radical (unpaired) electrons. The zero-order valence-corrected chi connectivity index (χ0v) is 10.5. The molecular weight excluding hydrogens is 227 g/mol. The molecule has 0 fully saturated rings. The Morgan fingerprint density at radius 1 is 1.31 bits per heavy atom. The standard InChI is InChI=1S/C11H15O4P/c1-4-16(13,14-3)15-11-7-5-10(6-8-11)9(2)12/h5-8H,4H2,1-3H3. The van der Waals surface area contributed by atoms with E-state index in [-0.39, 0.29) is 5.78 Å². The molecule has 0 saturated heterocycles. The Balaban J connectivity index is 2.83. The van der Waals surface area contributed by atoms with Crippen LogP contribution in [0.25, 0.3) is 0 Å². The van der Waals surface area contributed by atoms with Gasteiger partial charge in [-0.15, -0.1) is 0 Å². The van der Waals surface area contributed by atoms with Crippen LogP contribution in [0.4, 0.5) is 0 Å². The van der Waals surface area contributed by atoms with Crippen molar-refractivity contribution in [2.75, 3.05) is 13.3 Å². The first kappa shape index (κ1) is 12.9. The fourth-order valence-electron chi connectivity index (χ4n) is 1.14. The van der Waals surface area contributed by atoms with E-state index in [4.69, 9.17) is 9.05 Å². The van der Waals surface area contributed by atoms with E-state index in [0.29, 0.717) is 17.5 Å². The van der Waals surface area contributed by atoms with Crippen molar-refractivity contribution < 1.29 is 18.4 Å². The number of Topliss-reactive ketones (excluding diaryl/α,β-unsaturated/α-hetero) is 1. The molecule has 0 aliphatic carbocycles. The quantitative estimate of drug-likeness (QED) is 0.588. The molecule has 1 unspecified atom stereocenters. The van der Waals surface area contributed by atoms with Gasteiger partial charge in [0.1, 0.15) is 5.75 Å². The van der Waals surface area contributed by atoms with E-state index >= 15 is 0 Å². The van der Waals surface area contributed by atoms with Gasteiger partial charge in [0.2, 0.25) is 0 Å². The van der Waals surface area contributed by atoms with Crippen LogP contribution in [-0.4, -0.2) is 19.1 Å². The van der Waals surface area contributed by atoms with Gasteiger partial charge in [0, 0.05) is 12.7 Å². The second kappa shape index (κ2) is 5.28. The summed E-state index contributed by atoms with van der Waals surface area (Å²) in [5.41, 5.74) is 0.594. The molecule has 0 amide bonds. The van der Waals surface area contributed by atoms with Crippen LogP contribution in [0.5, 0.6) is 5.75 Å². The van der Waals surface area contributed by atoms with E-state index in [9.17, 15) is 9.36 Å². The Bertz CT molecular complexity index is 402. The number of carbonyl (C=O) groups excluding carboxylic acids is 1. The molecule has 0 saturated carbocycles. The van der Waals surface area contributed by atoms with Gasteiger partial charge in [-0.3, -0.25) is 4.79 Å². The third kappa shape index (κ3) is 3.19. The van der Waals surface area contributed by atoms with Crippen LogP contribution in [0.15, 0.2) is 24.3 Å². The van der Waals surface area contributed by atoms with Crippen molar-refractivity contribution in [3.05, 3.63) is 29.8 Å². The summed E-state index contributed by atoms with van der Waals surface area (Å²) in [6.45, 7) is 3.22. The summed E-state index contributed by atoms with van der Waals surface area (Å²) in [5.74, 6) is 0.425. The Hall–Kier alpha value is -1.12. The van der Waals surface area contributed by atoms with Gasteiger partial charge in [-0.1, -0.05) is 6.92 Å². The highest BCUT2D eigenvalue weighted by Crippen LogP contribution is 2.46. The summed E-state index contributed by atoms with van der Waals surface area (Å²) >= 11 is 0. The van der Waals surface area contributed by atoms with Crippen molar-refractivity contribution >= 4 is 13.4 Å². The zero-order valence-electron chi connectivity index (χ0n) is 9.60. The minimum absolute atomic E-state index is 0.0167. The third-order valence-electron chi connectivity index (χ3n) is 2.17. The third-order valence-corrected chi connectivity index (χ3v) is 3.99. The summed E-state index contributed by atoms with van der Waals surface area (Å²) in [6, 6.07) is 6.48. The smallest absolute Gasteiger partial charge is 0.378 e. The first-order valence-corrected chi connectivity index (χ1v) is 6.69. The van der Waals surface area contributed by atoms with Crippen LogP contribution < -0.4 is 4.52 Å². The number of carbonyl (C=O) groups is 1. The molecule has 0 spiro atoms. The van der Waals surface area contributed by atoms with Gasteiger partial charge in [-0.2, -0.15) is 0 Å². The van der Waals surface area contributed by atoms with Gasteiger partial charge in [-0.05, 0) is 31.2 Å². The SMILES string of the molecule is CCP(=O)(OC)Oc1ccc(C(C)=O)cc1. The van der Waals surface area contributed by atoms with Crippen molar-refractivity contribution in [3.8, 4) is 5.75 Å². The molecule has 1 aromatic rings. The highest BCUT2D eigenvalue weighted by molar-refractivity contribution is 7.54. The average molecular weight is 242 g/mol. The highest BCUT2D eigenvalue weighted by Gasteiger charge is 2.21. The lowest BCUT2D eigenvalue weighted by molar-refractivity contribution is 0.101. The lowest BCUT2D eigenvalue weighted by Crippen LogP contribution is -1.98.